The molecule has 0 aliphatic carbocycles. The lowest BCUT2D eigenvalue weighted by atomic mass is 10.2. The van der Waals surface area contributed by atoms with Gasteiger partial charge >= 0.3 is 0 Å². The molecule has 0 saturated heterocycles. The smallest absolute Gasteiger partial charge is 0.277 e. The summed E-state index contributed by atoms with van der Waals surface area (Å²) in [5.41, 5.74) is 0.813. The fraction of sp³-hybridized carbons (Fsp3) is 0.188. The first-order valence-electron chi connectivity index (χ1n) is 7.17. The highest BCUT2D eigenvalue weighted by atomic mass is 79.9. The van der Waals surface area contributed by atoms with Gasteiger partial charge in [0.1, 0.15) is 5.76 Å². The SMILES string of the molecule is C[C@@H](NC(=O)CSc1nnc(-c2ccccc2Br)o1)c1ccco1. The number of benzene rings is 1. The van der Waals surface area contributed by atoms with Crippen molar-refractivity contribution >= 4 is 33.6 Å². The molecule has 1 atom stereocenters. The van der Waals surface area contributed by atoms with Gasteiger partial charge in [0.15, 0.2) is 0 Å². The maximum atomic E-state index is 12.0. The van der Waals surface area contributed by atoms with Crippen LogP contribution in [0.5, 0.6) is 0 Å². The lowest BCUT2D eigenvalue weighted by molar-refractivity contribution is -0.119. The molecule has 2 aromatic heterocycles. The van der Waals surface area contributed by atoms with Crippen LogP contribution >= 0.6 is 27.7 Å². The molecule has 1 aromatic carbocycles. The number of rotatable bonds is 6. The van der Waals surface area contributed by atoms with E-state index in [0.717, 1.165) is 10.0 Å². The highest BCUT2D eigenvalue weighted by molar-refractivity contribution is 9.10. The number of nitrogens with zero attached hydrogens (tertiary/aromatic N) is 2. The van der Waals surface area contributed by atoms with Crippen LogP contribution in [0.2, 0.25) is 0 Å². The number of amides is 1. The Bertz CT molecular complexity index is 820. The molecule has 3 rings (SSSR count). The van der Waals surface area contributed by atoms with Crippen molar-refractivity contribution < 1.29 is 13.6 Å². The molecular weight excluding hydrogens is 394 g/mol. The molecule has 1 amide bonds. The lowest BCUT2D eigenvalue weighted by Gasteiger charge is -2.10. The molecule has 24 heavy (non-hydrogen) atoms. The molecule has 6 nitrogen and oxygen atoms in total. The third kappa shape index (κ3) is 4.07. The van der Waals surface area contributed by atoms with Crippen LogP contribution < -0.4 is 5.32 Å². The molecule has 1 N–H and O–H groups in total. The molecular formula is C16H14BrN3O3S. The van der Waals surface area contributed by atoms with E-state index < -0.39 is 0 Å². The first-order chi connectivity index (χ1) is 11.6. The molecule has 0 saturated carbocycles. The summed E-state index contributed by atoms with van der Waals surface area (Å²) in [6, 6.07) is 11.0. The monoisotopic (exact) mass is 407 g/mol. The Morgan fingerprint density at radius 3 is 2.88 bits per heavy atom. The van der Waals surface area contributed by atoms with Gasteiger partial charge in [-0.1, -0.05) is 23.9 Å². The first-order valence-corrected chi connectivity index (χ1v) is 8.95. The van der Waals surface area contributed by atoms with Crippen LogP contribution in [0.25, 0.3) is 11.5 Å². The second-order valence-electron chi connectivity index (χ2n) is 4.95. The Hall–Kier alpha value is -2.06. The Labute approximate surface area is 151 Å². The predicted octanol–water partition coefficient (Wildman–Crippen LogP) is 4.06. The van der Waals surface area contributed by atoms with Crippen molar-refractivity contribution in [1.82, 2.24) is 15.5 Å². The van der Waals surface area contributed by atoms with Gasteiger partial charge < -0.3 is 14.2 Å². The minimum Gasteiger partial charge on any atom is -0.467 e. The summed E-state index contributed by atoms with van der Waals surface area (Å²) in [5, 5.41) is 11.2. The molecule has 0 aliphatic heterocycles. The molecule has 8 heteroatoms. The zero-order valence-electron chi connectivity index (χ0n) is 12.7. The van der Waals surface area contributed by atoms with Gasteiger partial charge in [-0.05, 0) is 47.1 Å². The molecule has 124 valence electrons. The number of thioether (sulfide) groups is 1. The van der Waals surface area contributed by atoms with E-state index in [4.69, 9.17) is 8.83 Å². The van der Waals surface area contributed by atoms with Crippen LogP contribution in [0.15, 0.2) is 61.2 Å². The third-order valence-electron chi connectivity index (χ3n) is 3.18. The van der Waals surface area contributed by atoms with Crippen molar-refractivity contribution in [3.05, 3.63) is 52.9 Å². The number of nitrogens with one attached hydrogen (secondary N) is 1. The number of hydrogen-bond donors (Lipinski definition) is 1. The minimum atomic E-state index is -0.188. The largest absolute Gasteiger partial charge is 0.467 e. The number of aromatic nitrogens is 2. The van der Waals surface area contributed by atoms with E-state index in [1.165, 1.54) is 11.8 Å². The Morgan fingerprint density at radius 1 is 1.29 bits per heavy atom. The summed E-state index contributed by atoms with van der Waals surface area (Å²) < 4.78 is 11.7. The van der Waals surface area contributed by atoms with Gasteiger partial charge in [0, 0.05) is 4.47 Å². The molecule has 2 heterocycles. The summed E-state index contributed by atoms with van der Waals surface area (Å²) in [5.74, 6) is 1.17. The Balaban J connectivity index is 1.56. The summed E-state index contributed by atoms with van der Waals surface area (Å²) in [6.07, 6.45) is 1.58. The quantitative estimate of drug-likeness (QED) is 0.620. The zero-order chi connectivity index (χ0) is 16.9. The predicted molar refractivity (Wildman–Crippen MR) is 93.4 cm³/mol. The van der Waals surface area contributed by atoms with Gasteiger partial charge in [-0.2, -0.15) is 0 Å². The van der Waals surface area contributed by atoms with Gasteiger partial charge in [-0.15, -0.1) is 10.2 Å². The lowest BCUT2D eigenvalue weighted by Crippen LogP contribution is -2.27. The van der Waals surface area contributed by atoms with Gasteiger partial charge in [0.2, 0.25) is 11.8 Å². The Kier molecular flexibility index (Phi) is 5.37. The summed E-state index contributed by atoms with van der Waals surface area (Å²) in [6.45, 7) is 1.86. The van der Waals surface area contributed by atoms with Crippen molar-refractivity contribution in [2.45, 2.75) is 18.2 Å². The van der Waals surface area contributed by atoms with Crippen LogP contribution in [0.1, 0.15) is 18.7 Å². The maximum absolute atomic E-state index is 12.0. The maximum Gasteiger partial charge on any atom is 0.277 e. The fourth-order valence-corrected chi connectivity index (χ4v) is 3.06. The van der Waals surface area contributed by atoms with E-state index in [1.54, 1.807) is 12.3 Å². The van der Waals surface area contributed by atoms with Crippen molar-refractivity contribution in [3.63, 3.8) is 0 Å². The van der Waals surface area contributed by atoms with E-state index >= 15 is 0 Å². The van der Waals surface area contributed by atoms with Gasteiger partial charge in [0.25, 0.3) is 5.22 Å². The number of halogens is 1. The first kappa shape index (κ1) is 16.8. The summed E-state index contributed by atoms with van der Waals surface area (Å²) >= 11 is 4.63. The molecule has 0 aliphatic rings. The summed E-state index contributed by atoms with van der Waals surface area (Å²) in [7, 11) is 0. The average molecular weight is 408 g/mol. The fourth-order valence-electron chi connectivity index (χ4n) is 2.03. The molecule has 0 spiro atoms. The van der Waals surface area contributed by atoms with Crippen molar-refractivity contribution in [3.8, 4) is 11.5 Å². The van der Waals surface area contributed by atoms with Crippen molar-refractivity contribution in [2.24, 2.45) is 0 Å². The van der Waals surface area contributed by atoms with Crippen LogP contribution in [-0.2, 0) is 4.79 Å². The van der Waals surface area contributed by atoms with E-state index in [2.05, 4.69) is 31.4 Å². The van der Waals surface area contributed by atoms with E-state index in [0.29, 0.717) is 16.9 Å². The summed E-state index contributed by atoms with van der Waals surface area (Å²) in [4.78, 5) is 12.0. The van der Waals surface area contributed by atoms with Crippen LogP contribution in [0.3, 0.4) is 0 Å². The molecule has 0 bridgehead atoms. The van der Waals surface area contributed by atoms with Gasteiger partial charge in [0.05, 0.1) is 23.6 Å². The molecule has 0 unspecified atom stereocenters. The molecule has 0 fully saturated rings. The van der Waals surface area contributed by atoms with E-state index in [1.807, 2.05) is 37.3 Å². The van der Waals surface area contributed by atoms with Crippen LogP contribution in [-0.4, -0.2) is 21.9 Å². The van der Waals surface area contributed by atoms with Crippen LogP contribution in [0.4, 0.5) is 0 Å². The molecule has 0 radical (unpaired) electrons. The zero-order valence-corrected chi connectivity index (χ0v) is 15.1. The number of furan rings is 1. The van der Waals surface area contributed by atoms with Crippen molar-refractivity contribution in [2.75, 3.05) is 5.75 Å². The van der Waals surface area contributed by atoms with E-state index in [-0.39, 0.29) is 17.7 Å². The second-order valence-corrected chi connectivity index (χ2v) is 6.73. The van der Waals surface area contributed by atoms with Gasteiger partial charge in [-0.3, -0.25) is 4.79 Å². The average Bonchev–Trinajstić information content (AvgIpc) is 3.25. The highest BCUT2D eigenvalue weighted by Gasteiger charge is 2.15. The normalized spacial score (nSPS) is 12.1. The van der Waals surface area contributed by atoms with E-state index in [9.17, 15) is 4.79 Å². The molecule has 3 aromatic rings. The van der Waals surface area contributed by atoms with Crippen LogP contribution in [0, 0.1) is 0 Å². The third-order valence-corrected chi connectivity index (χ3v) is 4.69. The van der Waals surface area contributed by atoms with Gasteiger partial charge in [-0.25, -0.2) is 0 Å². The number of hydrogen-bond acceptors (Lipinski definition) is 6. The second kappa shape index (κ2) is 7.67. The number of carbonyl (C=O) groups excluding carboxylic acids is 1. The standard InChI is InChI=1S/C16H14BrN3O3S/c1-10(13-7-4-8-22-13)18-14(21)9-24-16-20-19-15(23-16)11-5-2-3-6-12(11)17/h2-8,10H,9H2,1H3,(H,18,21)/t10-/m1/s1. The number of carbonyl (C=O) groups is 1. The highest BCUT2D eigenvalue weighted by Crippen LogP contribution is 2.28. The Morgan fingerprint density at radius 2 is 2.12 bits per heavy atom. The van der Waals surface area contributed by atoms with Crippen molar-refractivity contribution in [1.29, 1.82) is 0 Å². The topological polar surface area (TPSA) is 81.2 Å². The minimum absolute atomic E-state index is 0.135.